The number of aryl methyl sites for hydroxylation is 3. The van der Waals surface area contributed by atoms with Crippen LogP contribution in [0.3, 0.4) is 0 Å². The van der Waals surface area contributed by atoms with E-state index in [2.05, 4.69) is 60.6 Å². The molecule has 5 nitrogen and oxygen atoms in total. The van der Waals surface area contributed by atoms with Gasteiger partial charge in [0.2, 0.25) is 5.95 Å². The van der Waals surface area contributed by atoms with E-state index < -0.39 is 0 Å². The Morgan fingerprint density at radius 3 is 2.33 bits per heavy atom. The highest BCUT2D eigenvalue weighted by atomic mass is 15.2. The van der Waals surface area contributed by atoms with Crippen molar-refractivity contribution in [3.05, 3.63) is 58.7 Å². The second kappa shape index (κ2) is 10.5. The summed E-state index contributed by atoms with van der Waals surface area (Å²) in [6, 6.07) is 13.3. The van der Waals surface area contributed by atoms with Crippen molar-refractivity contribution in [2.75, 3.05) is 37.4 Å². The van der Waals surface area contributed by atoms with Crippen molar-refractivity contribution in [2.45, 2.75) is 58.9 Å². The van der Waals surface area contributed by atoms with Gasteiger partial charge in [0.05, 0.1) is 5.52 Å². The van der Waals surface area contributed by atoms with E-state index >= 15 is 0 Å². The maximum Gasteiger partial charge on any atom is 0.225 e. The summed E-state index contributed by atoms with van der Waals surface area (Å²) in [5.41, 5.74) is 6.71. The number of nitrogens with zero attached hydrogens (tertiary/aromatic N) is 3. The van der Waals surface area contributed by atoms with Crippen LogP contribution in [0.2, 0.25) is 0 Å². The molecular formula is C28H39N5. The number of anilines is 2. The van der Waals surface area contributed by atoms with E-state index in [0.29, 0.717) is 6.04 Å². The minimum Gasteiger partial charge on any atom is -0.362 e. The number of hydrogen-bond acceptors (Lipinski definition) is 5. The van der Waals surface area contributed by atoms with Gasteiger partial charge in [-0.1, -0.05) is 29.8 Å². The molecule has 2 N–H and O–H groups in total. The molecule has 0 aliphatic heterocycles. The van der Waals surface area contributed by atoms with Gasteiger partial charge in [0.1, 0.15) is 5.82 Å². The summed E-state index contributed by atoms with van der Waals surface area (Å²) < 4.78 is 0. The van der Waals surface area contributed by atoms with Gasteiger partial charge in [0, 0.05) is 25.5 Å². The van der Waals surface area contributed by atoms with E-state index in [0.717, 1.165) is 48.1 Å². The summed E-state index contributed by atoms with van der Waals surface area (Å²) in [6.07, 6.45) is 5.97. The fourth-order valence-electron chi connectivity index (χ4n) is 5.28. The number of benzene rings is 2. The van der Waals surface area contributed by atoms with Crippen molar-refractivity contribution in [2.24, 2.45) is 5.92 Å². The molecule has 1 fully saturated rings. The molecule has 33 heavy (non-hydrogen) atoms. The van der Waals surface area contributed by atoms with Crippen LogP contribution < -0.4 is 15.5 Å². The highest BCUT2D eigenvalue weighted by Crippen LogP contribution is 2.28. The molecule has 2 aromatic carbocycles. The zero-order chi connectivity index (χ0) is 23.4. The fourth-order valence-corrected chi connectivity index (χ4v) is 5.28. The predicted octanol–water partition coefficient (Wildman–Crippen LogP) is 5.42. The number of aromatic nitrogens is 2. The standard InChI is InChI=1S/C28H39N5/c1-19-16-20(2)24(21(3)17-19)14-15-29-18-22-10-12-23(13-11-22)30-28-31-26-9-7-6-8-25(26)27(32-28)33(4)5/h6-9,16-17,22-23,29H,10-15,18H2,1-5H3,(H,30,31,32). The molecule has 3 aromatic rings. The number of rotatable bonds is 8. The zero-order valence-corrected chi connectivity index (χ0v) is 20.9. The Hall–Kier alpha value is -2.66. The maximum atomic E-state index is 4.81. The smallest absolute Gasteiger partial charge is 0.225 e. The maximum absolute atomic E-state index is 4.81. The minimum atomic E-state index is 0.454. The largest absolute Gasteiger partial charge is 0.362 e. The molecule has 1 heterocycles. The molecule has 1 saturated carbocycles. The van der Waals surface area contributed by atoms with Crippen molar-refractivity contribution >= 4 is 22.7 Å². The van der Waals surface area contributed by atoms with Gasteiger partial charge in [0.25, 0.3) is 0 Å². The third-order valence-corrected chi connectivity index (χ3v) is 7.01. The van der Waals surface area contributed by atoms with E-state index in [1.54, 1.807) is 0 Å². The SMILES string of the molecule is Cc1cc(C)c(CCNCC2CCC(Nc3nc(N(C)C)c4ccccc4n3)CC2)c(C)c1. The van der Waals surface area contributed by atoms with Gasteiger partial charge in [-0.25, -0.2) is 4.98 Å². The fraction of sp³-hybridized carbons (Fsp3) is 0.500. The third-order valence-electron chi connectivity index (χ3n) is 7.01. The van der Waals surface area contributed by atoms with Crippen molar-refractivity contribution in [3.8, 4) is 0 Å². The van der Waals surface area contributed by atoms with Gasteiger partial charge >= 0.3 is 0 Å². The Balaban J connectivity index is 1.25. The number of para-hydroxylation sites is 1. The Morgan fingerprint density at radius 1 is 0.939 bits per heavy atom. The second-order valence-electron chi connectivity index (χ2n) is 9.98. The molecule has 5 heteroatoms. The van der Waals surface area contributed by atoms with Crippen molar-refractivity contribution < 1.29 is 0 Å². The van der Waals surface area contributed by atoms with E-state index in [4.69, 9.17) is 9.97 Å². The summed E-state index contributed by atoms with van der Waals surface area (Å²) in [5, 5.41) is 8.45. The van der Waals surface area contributed by atoms with Crippen LogP contribution in [0.15, 0.2) is 36.4 Å². The number of hydrogen-bond donors (Lipinski definition) is 2. The highest BCUT2D eigenvalue weighted by molar-refractivity contribution is 5.90. The normalized spacial score (nSPS) is 18.5. The van der Waals surface area contributed by atoms with Crippen LogP contribution in [0, 0.1) is 26.7 Å². The average Bonchev–Trinajstić information content (AvgIpc) is 2.78. The first-order valence-electron chi connectivity index (χ1n) is 12.4. The predicted molar refractivity (Wildman–Crippen MR) is 140 cm³/mol. The van der Waals surface area contributed by atoms with Crippen LogP contribution in [-0.2, 0) is 6.42 Å². The molecule has 1 aliphatic carbocycles. The Kier molecular flexibility index (Phi) is 7.49. The zero-order valence-electron chi connectivity index (χ0n) is 20.9. The number of fused-ring (bicyclic) bond motifs is 1. The molecule has 0 unspecified atom stereocenters. The molecule has 176 valence electrons. The first kappa shape index (κ1) is 23.5. The van der Waals surface area contributed by atoms with Crippen molar-refractivity contribution in [3.63, 3.8) is 0 Å². The summed E-state index contributed by atoms with van der Waals surface area (Å²) in [6.45, 7) is 8.84. The van der Waals surface area contributed by atoms with E-state index in [1.807, 2.05) is 26.2 Å². The lowest BCUT2D eigenvalue weighted by Gasteiger charge is -2.29. The van der Waals surface area contributed by atoms with Crippen LogP contribution >= 0.6 is 0 Å². The van der Waals surface area contributed by atoms with Gasteiger partial charge in [-0.15, -0.1) is 0 Å². The van der Waals surface area contributed by atoms with Gasteiger partial charge in [-0.3, -0.25) is 0 Å². The Labute approximate surface area is 199 Å². The summed E-state index contributed by atoms with van der Waals surface area (Å²) in [7, 11) is 4.08. The van der Waals surface area contributed by atoms with Crippen molar-refractivity contribution in [1.29, 1.82) is 0 Å². The van der Waals surface area contributed by atoms with Crippen LogP contribution in [0.4, 0.5) is 11.8 Å². The monoisotopic (exact) mass is 445 g/mol. The summed E-state index contributed by atoms with van der Waals surface area (Å²) in [5.74, 6) is 2.49. The Bertz CT molecular complexity index is 1060. The molecule has 0 amide bonds. The molecule has 0 spiro atoms. The van der Waals surface area contributed by atoms with Gasteiger partial charge < -0.3 is 15.5 Å². The highest BCUT2D eigenvalue weighted by Gasteiger charge is 2.22. The van der Waals surface area contributed by atoms with Gasteiger partial charge in [-0.05, 0) is 101 Å². The molecular weight excluding hydrogens is 406 g/mol. The molecule has 0 radical (unpaired) electrons. The summed E-state index contributed by atoms with van der Waals surface area (Å²) >= 11 is 0. The lowest BCUT2D eigenvalue weighted by atomic mass is 9.86. The van der Waals surface area contributed by atoms with E-state index in [1.165, 1.54) is 47.9 Å². The molecule has 1 aromatic heterocycles. The topological polar surface area (TPSA) is 53.1 Å². The third kappa shape index (κ3) is 5.83. The Morgan fingerprint density at radius 2 is 1.64 bits per heavy atom. The lowest BCUT2D eigenvalue weighted by Crippen LogP contribution is -2.32. The lowest BCUT2D eigenvalue weighted by molar-refractivity contribution is 0.325. The second-order valence-corrected chi connectivity index (χ2v) is 9.98. The van der Waals surface area contributed by atoms with Gasteiger partial charge in [0.15, 0.2) is 0 Å². The molecule has 1 aliphatic rings. The van der Waals surface area contributed by atoms with E-state index in [9.17, 15) is 0 Å². The number of nitrogens with one attached hydrogen (secondary N) is 2. The van der Waals surface area contributed by atoms with Crippen LogP contribution in [0.1, 0.15) is 47.9 Å². The quantitative estimate of drug-likeness (QED) is 0.453. The summed E-state index contributed by atoms with van der Waals surface area (Å²) in [4.78, 5) is 11.7. The van der Waals surface area contributed by atoms with Crippen LogP contribution in [-0.4, -0.2) is 43.2 Å². The average molecular weight is 446 g/mol. The van der Waals surface area contributed by atoms with Crippen LogP contribution in [0.5, 0.6) is 0 Å². The minimum absolute atomic E-state index is 0.454. The van der Waals surface area contributed by atoms with Gasteiger partial charge in [-0.2, -0.15) is 4.98 Å². The first-order valence-corrected chi connectivity index (χ1v) is 12.4. The molecule has 0 saturated heterocycles. The van der Waals surface area contributed by atoms with E-state index in [-0.39, 0.29) is 0 Å². The molecule has 0 bridgehead atoms. The molecule has 4 rings (SSSR count). The van der Waals surface area contributed by atoms with Crippen LogP contribution in [0.25, 0.3) is 10.9 Å². The first-order chi connectivity index (χ1) is 15.9. The molecule has 0 atom stereocenters. The van der Waals surface area contributed by atoms with Crippen molar-refractivity contribution in [1.82, 2.24) is 15.3 Å².